The third-order valence-electron chi connectivity index (χ3n) is 0.966. The molecule has 0 saturated carbocycles. The van der Waals surface area contributed by atoms with Crippen LogP contribution in [0.3, 0.4) is 0 Å². The topological polar surface area (TPSA) is 12.0 Å². The second-order valence-electron chi connectivity index (χ2n) is 1.70. The summed E-state index contributed by atoms with van der Waals surface area (Å²) in [5, 5.41) is 3.11. The first-order valence-corrected chi connectivity index (χ1v) is 2.49. The average molecular weight is 95.1 g/mol. The van der Waals surface area contributed by atoms with Crippen molar-refractivity contribution in [2.75, 3.05) is 0 Å². The van der Waals surface area contributed by atoms with Crippen molar-refractivity contribution < 1.29 is 0 Å². The fourth-order valence-electron chi connectivity index (χ4n) is 0.549. The van der Waals surface area contributed by atoms with Crippen LogP contribution in [0, 0.1) is 0 Å². The van der Waals surface area contributed by atoms with E-state index in [1.807, 2.05) is 18.4 Å². The van der Waals surface area contributed by atoms with Crippen molar-refractivity contribution in [3.8, 4) is 0 Å². The van der Waals surface area contributed by atoms with Gasteiger partial charge in [0.15, 0.2) is 0 Å². The predicted octanol–water partition coefficient (Wildman–Crippen LogP) is 1.05. The molecule has 0 unspecified atom stereocenters. The number of dihydropyridines is 1. The number of rotatable bonds is 0. The Morgan fingerprint density at radius 2 is 2.29 bits per heavy atom. The summed E-state index contributed by atoms with van der Waals surface area (Å²) < 4.78 is 0. The Labute approximate surface area is 43.7 Å². The van der Waals surface area contributed by atoms with Gasteiger partial charge < -0.3 is 5.32 Å². The van der Waals surface area contributed by atoms with Crippen molar-refractivity contribution >= 4 is 0 Å². The molecule has 1 atom stereocenters. The van der Waals surface area contributed by atoms with Gasteiger partial charge in [0.25, 0.3) is 0 Å². The summed E-state index contributed by atoms with van der Waals surface area (Å²) in [7, 11) is 0. The zero-order valence-electron chi connectivity index (χ0n) is 4.39. The highest BCUT2D eigenvalue weighted by molar-refractivity contribution is 5.10. The molecule has 1 N–H and O–H groups in total. The monoisotopic (exact) mass is 95.1 g/mol. The highest BCUT2D eigenvalue weighted by Crippen LogP contribution is 1.90. The minimum atomic E-state index is 0.519. The second-order valence-corrected chi connectivity index (χ2v) is 1.70. The van der Waals surface area contributed by atoms with Crippen LogP contribution in [-0.2, 0) is 0 Å². The van der Waals surface area contributed by atoms with Crippen molar-refractivity contribution in [2.45, 2.75) is 13.0 Å². The molecule has 0 amide bonds. The Kier molecular flexibility index (Phi) is 1.16. The van der Waals surface area contributed by atoms with E-state index in [2.05, 4.69) is 18.3 Å². The maximum absolute atomic E-state index is 3.11. The van der Waals surface area contributed by atoms with E-state index in [0.717, 1.165) is 0 Å². The number of hydrogen-bond acceptors (Lipinski definition) is 1. The summed E-state index contributed by atoms with van der Waals surface area (Å²) in [6.07, 6.45) is 8.09. The predicted molar refractivity (Wildman–Crippen MR) is 30.9 cm³/mol. The van der Waals surface area contributed by atoms with Crippen molar-refractivity contribution in [3.63, 3.8) is 0 Å². The van der Waals surface area contributed by atoms with Crippen LogP contribution in [0.4, 0.5) is 0 Å². The van der Waals surface area contributed by atoms with Crippen molar-refractivity contribution in [1.29, 1.82) is 0 Å². The van der Waals surface area contributed by atoms with Crippen molar-refractivity contribution in [2.24, 2.45) is 0 Å². The molecule has 0 aromatic rings. The van der Waals surface area contributed by atoms with Gasteiger partial charge >= 0.3 is 0 Å². The van der Waals surface area contributed by atoms with Crippen LogP contribution in [0.15, 0.2) is 24.4 Å². The van der Waals surface area contributed by atoms with E-state index in [4.69, 9.17) is 0 Å². The molecule has 0 bridgehead atoms. The second kappa shape index (κ2) is 1.82. The molecule has 1 rings (SSSR count). The Bertz CT molecular complexity index is 103. The zero-order valence-corrected chi connectivity index (χ0v) is 4.39. The van der Waals surface area contributed by atoms with E-state index in [1.54, 1.807) is 0 Å². The van der Waals surface area contributed by atoms with Crippen LogP contribution in [0.1, 0.15) is 6.92 Å². The number of nitrogens with one attached hydrogen (secondary N) is 1. The summed E-state index contributed by atoms with van der Waals surface area (Å²) in [4.78, 5) is 0. The molecule has 0 fully saturated rings. The van der Waals surface area contributed by atoms with Crippen LogP contribution in [-0.4, -0.2) is 6.04 Å². The van der Waals surface area contributed by atoms with E-state index in [9.17, 15) is 0 Å². The van der Waals surface area contributed by atoms with Crippen molar-refractivity contribution in [3.05, 3.63) is 24.4 Å². The molecule has 7 heavy (non-hydrogen) atoms. The minimum Gasteiger partial charge on any atom is -0.385 e. The van der Waals surface area contributed by atoms with E-state index >= 15 is 0 Å². The molecular formula is C6H9N. The van der Waals surface area contributed by atoms with Gasteiger partial charge in [0.05, 0.1) is 0 Å². The van der Waals surface area contributed by atoms with Gasteiger partial charge in [-0.2, -0.15) is 0 Å². The molecule has 0 aromatic heterocycles. The maximum atomic E-state index is 3.11. The first-order chi connectivity index (χ1) is 3.39. The highest BCUT2D eigenvalue weighted by atomic mass is 14.9. The van der Waals surface area contributed by atoms with Crippen LogP contribution in [0.5, 0.6) is 0 Å². The van der Waals surface area contributed by atoms with Gasteiger partial charge in [-0.05, 0) is 19.2 Å². The highest BCUT2D eigenvalue weighted by Gasteiger charge is 1.90. The molecule has 1 aliphatic heterocycles. The molecule has 0 spiro atoms. The lowest BCUT2D eigenvalue weighted by Crippen LogP contribution is -2.18. The molecule has 0 radical (unpaired) electrons. The van der Waals surface area contributed by atoms with Crippen molar-refractivity contribution in [1.82, 2.24) is 5.32 Å². The maximum Gasteiger partial charge on any atom is 0.0413 e. The molecule has 0 saturated heterocycles. The SMILES string of the molecule is C[C@H]1C=CC=CN1. The number of allylic oxidation sites excluding steroid dienone is 2. The summed E-state index contributed by atoms with van der Waals surface area (Å²) in [5.41, 5.74) is 0. The van der Waals surface area contributed by atoms with Gasteiger partial charge in [0, 0.05) is 6.04 Å². The Balaban J connectivity index is 2.49. The molecule has 38 valence electrons. The van der Waals surface area contributed by atoms with Gasteiger partial charge in [-0.15, -0.1) is 0 Å². The first kappa shape index (κ1) is 4.44. The Hall–Kier alpha value is -0.720. The average Bonchev–Trinajstić information content (AvgIpc) is 1.69. The zero-order chi connectivity index (χ0) is 5.11. The minimum absolute atomic E-state index is 0.519. The first-order valence-electron chi connectivity index (χ1n) is 2.49. The summed E-state index contributed by atoms with van der Waals surface area (Å²) in [6, 6.07) is 0.519. The number of hydrogen-bond donors (Lipinski definition) is 1. The van der Waals surface area contributed by atoms with Gasteiger partial charge in [0.2, 0.25) is 0 Å². The molecular weight excluding hydrogens is 86.1 g/mol. The molecule has 0 aliphatic carbocycles. The molecule has 1 heteroatoms. The van der Waals surface area contributed by atoms with Gasteiger partial charge in [-0.25, -0.2) is 0 Å². The van der Waals surface area contributed by atoms with Crippen LogP contribution >= 0.6 is 0 Å². The molecule has 1 aliphatic rings. The fraction of sp³-hybridized carbons (Fsp3) is 0.333. The van der Waals surface area contributed by atoms with Gasteiger partial charge in [0.1, 0.15) is 0 Å². The lowest BCUT2D eigenvalue weighted by atomic mass is 10.2. The van der Waals surface area contributed by atoms with E-state index < -0.39 is 0 Å². The van der Waals surface area contributed by atoms with E-state index in [1.165, 1.54) is 0 Å². The fourth-order valence-corrected chi connectivity index (χ4v) is 0.549. The van der Waals surface area contributed by atoms with E-state index in [0.29, 0.717) is 6.04 Å². The molecule has 1 nitrogen and oxygen atoms in total. The largest absolute Gasteiger partial charge is 0.385 e. The third-order valence-corrected chi connectivity index (χ3v) is 0.966. The third kappa shape index (κ3) is 1.07. The normalized spacial score (nSPS) is 27.3. The standard InChI is InChI=1S/C6H9N/c1-6-4-2-3-5-7-6/h2-7H,1H3/t6-/m0/s1. The smallest absolute Gasteiger partial charge is 0.0413 e. The lowest BCUT2D eigenvalue weighted by molar-refractivity contribution is 0.761. The van der Waals surface area contributed by atoms with E-state index in [-0.39, 0.29) is 0 Å². The molecule has 1 heterocycles. The molecule has 0 aromatic carbocycles. The Morgan fingerprint density at radius 1 is 1.43 bits per heavy atom. The van der Waals surface area contributed by atoms with Crippen LogP contribution in [0.25, 0.3) is 0 Å². The lowest BCUT2D eigenvalue weighted by Gasteiger charge is -2.07. The van der Waals surface area contributed by atoms with Crippen LogP contribution in [0.2, 0.25) is 0 Å². The quantitative estimate of drug-likeness (QED) is 0.474. The van der Waals surface area contributed by atoms with Crippen LogP contribution < -0.4 is 5.32 Å². The van der Waals surface area contributed by atoms with Gasteiger partial charge in [-0.1, -0.05) is 12.2 Å². The van der Waals surface area contributed by atoms with Gasteiger partial charge in [-0.3, -0.25) is 0 Å². The summed E-state index contributed by atoms with van der Waals surface area (Å²) in [5.74, 6) is 0. The summed E-state index contributed by atoms with van der Waals surface area (Å²) >= 11 is 0. The summed E-state index contributed by atoms with van der Waals surface area (Å²) in [6.45, 7) is 2.11. The Morgan fingerprint density at radius 3 is 2.57 bits per heavy atom.